The van der Waals surface area contributed by atoms with Crippen molar-refractivity contribution in [3.05, 3.63) is 0 Å². The van der Waals surface area contributed by atoms with E-state index in [9.17, 15) is 0 Å². The quantitative estimate of drug-likeness (QED) is 0.386. The van der Waals surface area contributed by atoms with Gasteiger partial charge in [-0.25, -0.2) is 0 Å². The molecule has 2 bridgehead atoms. The van der Waals surface area contributed by atoms with E-state index in [1.807, 2.05) is 0 Å². The van der Waals surface area contributed by atoms with E-state index in [-0.39, 0.29) is 0 Å². The van der Waals surface area contributed by atoms with Crippen LogP contribution in [0.4, 0.5) is 0 Å². The lowest BCUT2D eigenvalue weighted by Gasteiger charge is -2.34. The first-order chi connectivity index (χ1) is 5.58. The molecule has 3 aliphatic heterocycles. The van der Waals surface area contributed by atoms with E-state index in [2.05, 4.69) is 0 Å². The zero-order valence-electron chi connectivity index (χ0n) is 6.96. The molecule has 0 N–H and O–H groups in total. The van der Waals surface area contributed by atoms with Crippen LogP contribution in [-0.4, -0.2) is 30.6 Å². The zero-order chi connectivity index (χ0) is 8.45. The molecule has 3 aliphatic rings. The van der Waals surface area contributed by atoms with Crippen LogP contribution in [0.1, 0.15) is 13.8 Å². The highest BCUT2D eigenvalue weighted by atomic mass is 17.3. The summed E-state index contributed by atoms with van der Waals surface area (Å²) >= 11 is 0. The lowest BCUT2D eigenvalue weighted by molar-refractivity contribution is -0.402. The average Bonchev–Trinajstić information content (AvgIpc) is 2.74. The molecule has 0 amide bonds. The monoisotopic (exact) mass is 174 g/mol. The lowest BCUT2D eigenvalue weighted by atomic mass is 10.0. The third kappa shape index (κ3) is 0.664. The Morgan fingerprint density at radius 3 is 2.33 bits per heavy atom. The Balaban J connectivity index is 1.98. The molecule has 3 rings (SSSR count). The molecule has 3 heterocycles. The van der Waals surface area contributed by atoms with Crippen molar-refractivity contribution in [1.82, 2.24) is 0 Å². The van der Waals surface area contributed by atoms with E-state index >= 15 is 0 Å². The highest BCUT2D eigenvalue weighted by Gasteiger charge is 2.72. The van der Waals surface area contributed by atoms with Gasteiger partial charge in [-0.3, -0.25) is 4.74 Å². The van der Waals surface area contributed by atoms with Crippen molar-refractivity contribution in [3.8, 4) is 0 Å². The molecule has 0 aromatic rings. The summed E-state index contributed by atoms with van der Waals surface area (Å²) in [5, 5.41) is 0. The zero-order valence-corrected chi connectivity index (χ0v) is 6.96. The van der Waals surface area contributed by atoms with Crippen molar-refractivity contribution in [1.29, 1.82) is 0 Å². The molecule has 0 aliphatic carbocycles. The van der Waals surface area contributed by atoms with Crippen LogP contribution >= 0.6 is 0 Å². The Labute approximate surface area is 69.4 Å². The van der Waals surface area contributed by atoms with Gasteiger partial charge >= 0.3 is 5.97 Å². The molecule has 5 nitrogen and oxygen atoms in total. The van der Waals surface area contributed by atoms with E-state index < -0.39 is 17.4 Å². The number of ether oxygens (including phenoxy) is 3. The fourth-order valence-corrected chi connectivity index (χ4v) is 1.58. The molecular weight excluding hydrogens is 164 g/mol. The maximum Gasteiger partial charge on any atom is 0.311 e. The smallest absolute Gasteiger partial charge is 0.311 e. The Hall–Kier alpha value is -0.200. The Morgan fingerprint density at radius 2 is 1.67 bits per heavy atom. The molecule has 68 valence electrons. The third-order valence-electron chi connectivity index (χ3n) is 2.62. The fourth-order valence-electron chi connectivity index (χ4n) is 1.58. The number of rotatable bonds is 0. The lowest BCUT2D eigenvalue weighted by Crippen LogP contribution is -2.54. The van der Waals surface area contributed by atoms with Gasteiger partial charge in [0.25, 0.3) is 0 Å². The summed E-state index contributed by atoms with van der Waals surface area (Å²) in [6.45, 7) is 4.53. The summed E-state index contributed by atoms with van der Waals surface area (Å²) in [5.74, 6) is -1.86. The molecule has 1 spiro atoms. The molecule has 0 aromatic heterocycles. The van der Waals surface area contributed by atoms with Crippen molar-refractivity contribution in [3.63, 3.8) is 0 Å². The van der Waals surface area contributed by atoms with Crippen molar-refractivity contribution in [2.45, 2.75) is 31.2 Å². The molecule has 12 heavy (non-hydrogen) atoms. The van der Waals surface area contributed by atoms with Crippen LogP contribution in [0.15, 0.2) is 0 Å². The topological polar surface area (TPSA) is 49.5 Å². The fraction of sp³-hybridized carbons (Fsp3) is 1.00. The predicted octanol–water partition coefficient (Wildman–Crippen LogP) is 0.154. The summed E-state index contributed by atoms with van der Waals surface area (Å²) < 4.78 is 16.0. The second-order valence-corrected chi connectivity index (χ2v) is 3.65. The van der Waals surface area contributed by atoms with E-state index in [0.717, 1.165) is 0 Å². The normalized spacial score (nSPS) is 62.5. The standard InChI is InChI=1S/C7H10O5/c1-5-7(4-9-7)3-8-6(2,10-5)12-11-5/h3-4H2,1-2H3/t5-,6+,7?/m1/s1. The van der Waals surface area contributed by atoms with Crippen molar-refractivity contribution in [2.75, 3.05) is 13.2 Å². The first kappa shape index (κ1) is 7.23. The first-order valence-corrected chi connectivity index (χ1v) is 3.93. The molecule has 1 unspecified atom stereocenters. The Bertz CT molecular complexity index is 238. The van der Waals surface area contributed by atoms with Crippen molar-refractivity contribution < 1.29 is 24.0 Å². The molecule has 3 atom stereocenters. The Morgan fingerprint density at radius 1 is 1.00 bits per heavy atom. The van der Waals surface area contributed by atoms with E-state index in [1.54, 1.807) is 13.8 Å². The highest BCUT2D eigenvalue weighted by Crippen LogP contribution is 2.52. The van der Waals surface area contributed by atoms with Crippen LogP contribution in [0, 0.1) is 0 Å². The van der Waals surface area contributed by atoms with Gasteiger partial charge in [0, 0.05) is 6.92 Å². The number of fused-ring (bicyclic) bond motifs is 3. The third-order valence-corrected chi connectivity index (χ3v) is 2.62. The van der Waals surface area contributed by atoms with E-state index in [4.69, 9.17) is 24.0 Å². The second-order valence-electron chi connectivity index (χ2n) is 3.65. The van der Waals surface area contributed by atoms with Crippen LogP contribution in [0.25, 0.3) is 0 Å². The summed E-state index contributed by atoms with van der Waals surface area (Å²) in [6, 6.07) is 0. The van der Waals surface area contributed by atoms with Gasteiger partial charge in [-0.15, -0.1) is 0 Å². The van der Waals surface area contributed by atoms with Gasteiger partial charge in [0.2, 0.25) is 5.79 Å². The largest absolute Gasteiger partial charge is 0.361 e. The van der Waals surface area contributed by atoms with Crippen molar-refractivity contribution >= 4 is 0 Å². The molecule has 0 aromatic carbocycles. The highest BCUT2D eigenvalue weighted by molar-refractivity contribution is 5.06. The van der Waals surface area contributed by atoms with Crippen molar-refractivity contribution in [2.24, 2.45) is 0 Å². The molecule has 0 radical (unpaired) electrons. The van der Waals surface area contributed by atoms with Gasteiger partial charge in [0.05, 0.1) is 13.2 Å². The second kappa shape index (κ2) is 1.69. The minimum Gasteiger partial charge on any atom is -0.361 e. The van der Waals surface area contributed by atoms with Crippen LogP contribution in [-0.2, 0) is 24.0 Å². The number of epoxide rings is 1. The SMILES string of the molecule is C[C@@]12OCC3(CO3)[C@@](C)(OO1)O2. The van der Waals surface area contributed by atoms with Gasteiger partial charge in [-0.1, -0.05) is 0 Å². The number of hydrogen-bond donors (Lipinski definition) is 0. The molecule has 3 fully saturated rings. The van der Waals surface area contributed by atoms with Crippen LogP contribution < -0.4 is 0 Å². The molecule has 5 heteroatoms. The summed E-state index contributed by atoms with van der Waals surface area (Å²) in [6.07, 6.45) is 0. The maximum absolute atomic E-state index is 5.46. The van der Waals surface area contributed by atoms with Crippen LogP contribution in [0.2, 0.25) is 0 Å². The molecule has 3 saturated heterocycles. The maximum atomic E-state index is 5.46. The van der Waals surface area contributed by atoms with Crippen LogP contribution in [0.5, 0.6) is 0 Å². The predicted molar refractivity (Wildman–Crippen MR) is 34.7 cm³/mol. The molecule has 0 saturated carbocycles. The van der Waals surface area contributed by atoms with Gasteiger partial charge in [-0.2, -0.15) is 9.78 Å². The van der Waals surface area contributed by atoms with Gasteiger partial charge < -0.3 is 9.47 Å². The van der Waals surface area contributed by atoms with Gasteiger partial charge in [0.1, 0.15) is 0 Å². The van der Waals surface area contributed by atoms with Gasteiger partial charge in [-0.05, 0) is 6.92 Å². The average molecular weight is 174 g/mol. The first-order valence-electron chi connectivity index (χ1n) is 3.93. The summed E-state index contributed by atoms with van der Waals surface area (Å²) in [4.78, 5) is 9.99. The molecular formula is C7H10O5. The van der Waals surface area contributed by atoms with Crippen LogP contribution in [0.3, 0.4) is 0 Å². The summed E-state index contributed by atoms with van der Waals surface area (Å²) in [5.41, 5.74) is -0.441. The minimum absolute atomic E-state index is 0.441. The van der Waals surface area contributed by atoms with E-state index in [0.29, 0.717) is 13.2 Å². The van der Waals surface area contributed by atoms with Gasteiger partial charge in [0.15, 0.2) is 5.60 Å². The minimum atomic E-state index is -1.05. The number of hydrogen-bond acceptors (Lipinski definition) is 5. The van der Waals surface area contributed by atoms with E-state index in [1.165, 1.54) is 0 Å². The Kier molecular flexibility index (Phi) is 1.02. The summed E-state index contributed by atoms with van der Waals surface area (Å²) in [7, 11) is 0.